The molecule has 0 nitrogen and oxygen atoms in total. The van der Waals surface area contributed by atoms with Gasteiger partial charge in [-0.25, -0.2) is 0 Å². The fraction of sp³-hybridized carbons (Fsp3) is 0.286. The maximum atomic E-state index is 9.43. The summed E-state index contributed by atoms with van der Waals surface area (Å²) in [7, 11) is 18.0. The van der Waals surface area contributed by atoms with Crippen molar-refractivity contribution < 1.29 is 16.4 Å². The van der Waals surface area contributed by atoms with Crippen molar-refractivity contribution >= 4 is 52.3 Å². The van der Waals surface area contributed by atoms with Gasteiger partial charge in [0.1, 0.15) is 0 Å². The van der Waals surface area contributed by atoms with Crippen molar-refractivity contribution in [3.8, 4) is 33.4 Å². The molecule has 1 heterocycles. The molecule has 3 aliphatic rings. The summed E-state index contributed by atoms with van der Waals surface area (Å²) in [6.07, 6.45) is 16.0. The van der Waals surface area contributed by atoms with Crippen LogP contribution in [0.5, 0.6) is 0 Å². The average molecular weight is 922 g/mol. The van der Waals surface area contributed by atoms with Crippen LogP contribution in [0.2, 0.25) is 0 Å². The summed E-state index contributed by atoms with van der Waals surface area (Å²) in [5.74, 6) is 0. The number of aryl methyl sites for hydroxylation is 2. The van der Waals surface area contributed by atoms with Crippen molar-refractivity contribution in [2.75, 3.05) is 0 Å². The molecule has 0 N–H and O–H groups in total. The molecule has 0 amide bonds. The molecule has 0 aromatic heterocycles. The molecule has 2 unspecified atom stereocenters. The third-order valence-corrected chi connectivity index (χ3v) is 36.8. The molecule has 2 atom stereocenters. The second kappa shape index (κ2) is 17.3. The zero-order chi connectivity index (χ0) is 41.5. The van der Waals surface area contributed by atoms with Crippen LogP contribution in [0.25, 0.3) is 45.5 Å². The van der Waals surface area contributed by atoms with E-state index in [2.05, 4.69) is 167 Å². The summed E-state index contributed by atoms with van der Waals surface area (Å²) in [6, 6.07) is 48.4. The zero-order valence-electron chi connectivity index (χ0n) is 36.0. The summed E-state index contributed by atoms with van der Waals surface area (Å²) >= 11 is -5.63. The van der Waals surface area contributed by atoms with Crippen molar-refractivity contribution in [1.82, 2.24) is 0 Å². The van der Waals surface area contributed by atoms with E-state index in [9.17, 15) is 17.0 Å². The second-order valence-electron chi connectivity index (χ2n) is 17.8. The monoisotopic (exact) mass is 919 g/mol. The SMILES string of the molecule is CCCCc1ccc2c(c1-c1ccccc1)C=C(CCC)[CH]2[Zr]([Cl])([Cl])([c]1cccc2c1[SiH2]c1ccccc1-2)[CH]1C(CCC)=Cc2c1ccc(CCCC)c2-c1ccccc1. The molecule has 0 saturated heterocycles. The van der Waals surface area contributed by atoms with Crippen LogP contribution < -0.4 is 13.6 Å². The number of halogens is 2. The van der Waals surface area contributed by atoms with E-state index in [0.717, 1.165) is 38.5 Å². The fourth-order valence-electron chi connectivity index (χ4n) is 11.5. The predicted molar refractivity (Wildman–Crippen MR) is 263 cm³/mol. The average Bonchev–Trinajstić information content (AvgIpc) is 3.97. The Morgan fingerprint density at radius 3 is 1.47 bits per heavy atom. The number of unbranched alkanes of at least 4 members (excludes halogenated alkanes) is 2. The molecule has 0 spiro atoms. The van der Waals surface area contributed by atoms with Crippen LogP contribution in [0.15, 0.2) is 139 Å². The summed E-state index contributed by atoms with van der Waals surface area (Å²) in [5.41, 5.74) is 19.3. The van der Waals surface area contributed by atoms with Crippen LogP contribution in [-0.4, -0.2) is 9.52 Å². The summed E-state index contributed by atoms with van der Waals surface area (Å²) in [5, 5.41) is 3.00. The Balaban J connectivity index is 1.38. The first-order chi connectivity index (χ1) is 29.3. The van der Waals surface area contributed by atoms with Gasteiger partial charge in [-0.05, 0) is 0 Å². The van der Waals surface area contributed by atoms with Gasteiger partial charge in [-0.2, -0.15) is 0 Å². The van der Waals surface area contributed by atoms with E-state index < -0.39 is 25.9 Å². The molecule has 305 valence electrons. The van der Waals surface area contributed by atoms with Crippen molar-refractivity contribution in [3.63, 3.8) is 0 Å². The van der Waals surface area contributed by atoms with Crippen LogP contribution in [-0.2, 0) is 29.2 Å². The van der Waals surface area contributed by atoms with E-state index in [4.69, 9.17) is 0 Å². The molecule has 60 heavy (non-hydrogen) atoms. The Labute approximate surface area is 370 Å². The van der Waals surface area contributed by atoms with Gasteiger partial charge in [0.15, 0.2) is 0 Å². The molecular weight excluding hydrogens is 863 g/mol. The minimum absolute atomic E-state index is 0.0622. The van der Waals surface area contributed by atoms with E-state index in [0.29, 0.717) is 0 Å². The van der Waals surface area contributed by atoms with Crippen molar-refractivity contribution in [1.29, 1.82) is 0 Å². The van der Waals surface area contributed by atoms with Crippen molar-refractivity contribution in [3.05, 3.63) is 172 Å². The Hall–Kier alpha value is -3.52. The van der Waals surface area contributed by atoms with Gasteiger partial charge in [-0.15, -0.1) is 0 Å². The molecular formula is C56H59Cl2SiZr. The first-order valence-electron chi connectivity index (χ1n) is 22.9. The summed E-state index contributed by atoms with van der Waals surface area (Å²) < 4.78 is 1.20. The number of allylic oxidation sites excluding steroid dienone is 2. The topological polar surface area (TPSA) is 0 Å². The van der Waals surface area contributed by atoms with Gasteiger partial charge in [0.2, 0.25) is 0 Å². The second-order valence-corrected chi connectivity index (χ2v) is 40.2. The number of benzene rings is 6. The number of hydrogen-bond acceptors (Lipinski definition) is 0. The molecule has 4 heteroatoms. The van der Waals surface area contributed by atoms with Crippen LogP contribution in [0, 0.1) is 0 Å². The molecule has 1 aliphatic heterocycles. The normalized spacial score (nSPS) is 17.4. The zero-order valence-corrected chi connectivity index (χ0v) is 41.4. The van der Waals surface area contributed by atoms with Gasteiger partial charge in [-0.1, -0.05) is 0 Å². The van der Waals surface area contributed by atoms with Crippen LogP contribution in [0.4, 0.5) is 0 Å². The molecule has 0 radical (unpaired) electrons. The van der Waals surface area contributed by atoms with Gasteiger partial charge >= 0.3 is 373 Å². The minimum atomic E-state index is -5.63. The number of fused-ring (bicyclic) bond motifs is 5. The quantitative estimate of drug-likeness (QED) is 0.0899. The van der Waals surface area contributed by atoms with Crippen LogP contribution in [0.1, 0.15) is 120 Å². The Morgan fingerprint density at radius 1 is 0.483 bits per heavy atom. The first kappa shape index (κ1) is 41.8. The van der Waals surface area contributed by atoms with E-state index in [1.807, 2.05) is 0 Å². The summed E-state index contributed by atoms with van der Waals surface area (Å²) in [6.45, 7) is 9.27. The Bertz CT molecular complexity index is 2490. The molecule has 0 bridgehead atoms. The van der Waals surface area contributed by atoms with Crippen molar-refractivity contribution in [2.24, 2.45) is 0 Å². The predicted octanol–water partition coefficient (Wildman–Crippen LogP) is 14.3. The third-order valence-electron chi connectivity index (χ3n) is 14.0. The molecule has 6 aromatic carbocycles. The summed E-state index contributed by atoms with van der Waals surface area (Å²) in [4.78, 5) is 0. The third kappa shape index (κ3) is 6.97. The van der Waals surface area contributed by atoms with E-state index in [1.54, 1.807) is 0 Å². The molecule has 9 rings (SSSR count). The maximum absolute atomic E-state index is 9.43. The van der Waals surface area contributed by atoms with Gasteiger partial charge in [-0.3, -0.25) is 0 Å². The number of hydrogen-bond donors (Lipinski definition) is 0. The van der Waals surface area contributed by atoms with E-state index >= 15 is 0 Å². The van der Waals surface area contributed by atoms with Crippen LogP contribution >= 0.6 is 17.0 Å². The molecule has 0 fully saturated rings. The van der Waals surface area contributed by atoms with E-state index in [1.165, 1.54) is 117 Å². The van der Waals surface area contributed by atoms with Gasteiger partial charge in [0.05, 0.1) is 0 Å². The molecule has 0 saturated carbocycles. The Morgan fingerprint density at radius 2 is 0.967 bits per heavy atom. The van der Waals surface area contributed by atoms with Gasteiger partial charge in [0.25, 0.3) is 0 Å². The van der Waals surface area contributed by atoms with Crippen LogP contribution in [0.3, 0.4) is 0 Å². The first-order valence-corrected chi connectivity index (χ1v) is 34.7. The molecule has 6 aromatic rings. The number of rotatable bonds is 15. The standard InChI is InChI=1S/2C22H25.C12H9Si.2ClH.Zr/c2*1-3-5-10-19-13-14-20-15-17(9-4-2)16-21(20)22(19)18-11-7-6-8-12-18;1-3-7-11-9(5-1)10-6-2-4-8-12(10)13-11;;;/h2*6-8,11-16H,3-5,9-10H2,1-2H3;1-7H,13H2;2*1H;/q;;;;;+2/p-2. The van der Waals surface area contributed by atoms with Crippen molar-refractivity contribution in [2.45, 2.75) is 99.2 Å². The molecule has 2 aliphatic carbocycles. The van der Waals surface area contributed by atoms with Gasteiger partial charge < -0.3 is 0 Å². The Kier molecular flexibility index (Phi) is 12.1. The fourth-order valence-corrected chi connectivity index (χ4v) is 39.5. The van der Waals surface area contributed by atoms with E-state index in [-0.39, 0.29) is 7.25 Å². The van der Waals surface area contributed by atoms with Gasteiger partial charge in [0, 0.05) is 0 Å².